The van der Waals surface area contributed by atoms with Crippen LogP contribution in [-0.2, 0) is 0 Å². The molecule has 1 heterocycles. The van der Waals surface area contributed by atoms with Crippen molar-refractivity contribution in [2.24, 2.45) is 0 Å². The smallest absolute Gasteiger partial charge is 0.0788 e. The number of thiophene rings is 1. The lowest BCUT2D eigenvalue weighted by Gasteiger charge is -2.00. The van der Waals surface area contributed by atoms with Crippen LogP contribution in [0.15, 0.2) is 37.9 Å². The van der Waals surface area contributed by atoms with Crippen molar-refractivity contribution in [1.29, 1.82) is 0 Å². The molecule has 0 bridgehead atoms. The van der Waals surface area contributed by atoms with Crippen LogP contribution in [0.25, 0.3) is 11.1 Å². The Kier molecular flexibility index (Phi) is 3.10. The van der Waals surface area contributed by atoms with Crippen molar-refractivity contribution < 1.29 is 0 Å². The first-order valence-electron chi connectivity index (χ1n) is 4.18. The third kappa shape index (κ3) is 2.10. The van der Waals surface area contributed by atoms with Gasteiger partial charge in [-0.05, 0) is 50.4 Å². The lowest BCUT2D eigenvalue weighted by atomic mass is 10.1. The molecule has 0 aliphatic heterocycles. The predicted molar refractivity (Wildman–Crippen MR) is 69.9 cm³/mol. The van der Waals surface area contributed by atoms with Gasteiger partial charge in [-0.25, -0.2) is 0 Å². The molecule has 72 valence electrons. The summed E-state index contributed by atoms with van der Waals surface area (Å²) < 4.78 is 2.33. The number of aryl methyl sites for hydroxylation is 1. The molecule has 0 nitrogen and oxygen atoms in total. The van der Waals surface area contributed by atoms with E-state index in [1.807, 2.05) is 0 Å². The van der Waals surface area contributed by atoms with Gasteiger partial charge in [0.05, 0.1) is 7.57 Å². The van der Waals surface area contributed by atoms with E-state index in [0.717, 1.165) is 3.79 Å². The van der Waals surface area contributed by atoms with Crippen LogP contribution in [-0.4, -0.2) is 0 Å². The molecule has 0 unspecified atom stereocenters. The monoisotopic (exact) mass is 330 g/mol. The Balaban J connectivity index is 2.54. The lowest BCUT2D eigenvalue weighted by Crippen LogP contribution is -1.76. The Bertz CT molecular complexity index is 460. The van der Waals surface area contributed by atoms with Crippen LogP contribution in [0.1, 0.15) is 5.56 Å². The number of hydrogen-bond acceptors (Lipinski definition) is 1. The van der Waals surface area contributed by atoms with Crippen LogP contribution < -0.4 is 0 Å². The van der Waals surface area contributed by atoms with Crippen molar-refractivity contribution in [2.45, 2.75) is 6.92 Å². The van der Waals surface area contributed by atoms with E-state index in [2.05, 4.69) is 69.1 Å². The summed E-state index contributed by atoms with van der Waals surface area (Å²) in [5.41, 5.74) is 3.81. The molecule has 0 N–H and O–H groups in total. The van der Waals surface area contributed by atoms with Gasteiger partial charge < -0.3 is 0 Å². The second kappa shape index (κ2) is 4.17. The summed E-state index contributed by atoms with van der Waals surface area (Å²) in [5.74, 6) is 0. The number of halogens is 2. The summed E-state index contributed by atoms with van der Waals surface area (Å²) in [5, 5.41) is 0. The highest BCUT2D eigenvalue weighted by molar-refractivity contribution is 9.12. The van der Waals surface area contributed by atoms with Gasteiger partial charge in [-0.1, -0.05) is 29.8 Å². The van der Waals surface area contributed by atoms with Gasteiger partial charge in [0, 0.05) is 5.56 Å². The van der Waals surface area contributed by atoms with Crippen LogP contribution in [0.4, 0.5) is 0 Å². The normalized spacial score (nSPS) is 10.5. The van der Waals surface area contributed by atoms with Gasteiger partial charge in [0.15, 0.2) is 0 Å². The average Bonchev–Trinajstić information content (AvgIpc) is 2.45. The Morgan fingerprint density at radius 2 is 1.93 bits per heavy atom. The molecule has 0 saturated carbocycles. The molecule has 1 aromatic heterocycles. The maximum Gasteiger partial charge on any atom is 0.0788 e. The molecular formula is C11H8Br2S. The molecule has 2 aromatic rings. The molecule has 0 amide bonds. The molecule has 0 saturated heterocycles. The summed E-state index contributed by atoms with van der Waals surface area (Å²) in [7, 11) is 0. The number of rotatable bonds is 1. The van der Waals surface area contributed by atoms with E-state index in [-0.39, 0.29) is 0 Å². The summed E-state index contributed by atoms with van der Waals surface area (Å²) >= 11 is 8.76. The number of hydrogen-bond donors (Lipinski definition) is 0. The minimum atomic E-state index is 1.15. The van der Waals surface area contributed by atoms with Crippen molar-refractivity contribution in [2.75, 3.05) is 0 Å². The van der Waals surface area contributed by atoms with Gasteiger partial charge in [0.1, 0.15) is 0 Å². The van der Waals surface area contributed by atoms with Crippen molar-refractivity contribution >= 4 is 43.2 Å². The molecule has 3 heteroatoms. The second-order valence-corrected chi connectivity index (χ2v) is 6.86. The maximum atomic E-state index is 3.57. The highest BCUT2D eigenvalue weighted by Crippen LogP contribution is 2.38. The molecule has 14 heavy (non-hydrogen) atoms. The first kappa shape index (κ1) is 10.4. The van der Waals surface area contributed by atoms with E-state index in [0.29, 0.717) is 0 Å². The Morgan fingerprint density at radius 3 is 2.50 bits per heavy atom. The number of benzene rings is 1. The fraction of sp³-hybridized carbons (Fsp3) is 0.0909. The van der Waals surface area contributed by atoms with Crippen LogP contribution >= 0.6 is 43.2 Å². The summed E-state index contributed by atoms with van der Waals surface area (Å²) in [4.78, 5) is 0. The van der Waals surface area contributed by atoms with Crippen LogP contribution in [0, 0.1) is 6.92 Å². The Labute approximate surface area is 104 Å². The summed E-state index contributed by atoms with van der Waals surface area (Å²) in [6.07, 6.45) is 0. The largest absolute Gasteiger partial charge is 0.121 e. The minimum Gasteiger partial charge on any atom is -0.121 e. The topological polar surface area (TPSA) is 0 Å². The third-order valence-corrected chi connectivity index (χ3v) is 4.33. The SMILES string of the molecule is Cc1cccc(-c2cc(Br)sc2Br)c1. The van der Waals surface area contributed by atoms with Crippen LogP contribution in [0.5, 0.6) is 0 Å². The van der Waals surface area contributed by atoms with E-state index in [4.69, 9.17) is 0 Å². The van der Waals surface area contributed by atoms with Crippen molar-refractivity contribution in [3.63, 3.8) is 0 Å². The molecule has 0 atom stereocenters. The molecule has 0 aliphatic rings. The Hall–Kier alpha value is -0.120. The minimum absolute atomic E-state index is 1.15. The highest BCUT2D eigenvalue weighted by atomic mass is 79.9. The van der Waals surface area contributed by atoms with Gasteiger partial charge in [-0.3, -0.25) is 0 Å². The van der Waals surface area contributed by atoms with E-state index < -0.39 is 0 Å². The van der Waals surface area contributed by atoms with Gasteiger partial charge in [-0.2, -0.15) is 0 Å². The van der Waals surface area contributed by atoms with Gasteiger partial charge in [0.2, 0.25) is 0 Å². The zero-order chi connectivity index (χ0) is 10.1. The molecule has 0 aliphatic carbocycles. The molecule has 1 aromatic carbocycles. The fourth-order valence-corrected chi connectivity index (χ4v) is 4.22. The fourth-order valence-electron chi connectivity index (χ4n) is 1.35. The van der Waals surface area contributed by atoms with E-state index in [1.165, 1.54) is 20.5 Å². The molecule has 0 spiro atoms. The van der Waals surface area contributed by atoms with E-state index in [1.54, 1.807) is 11.3 Å². The summed E-state index contributed by atoms with van der Waals surface area (Å²) in [6.45, 7) is 2.11. The van der Waals surface area contributed by atoms with Crippen LogP contribution in [0.3, 0.4) is 0 Å². The van der Waals surface area contributed by atoms with Gasteiger partial charge in [-0.15, -0.1) is 11.3 Å². The first-order chi connectivity index (χ1) is 6.66. The van der Waals surface area contributed by atoms with Crippen molar-refractivity contribution in [3.05, 3.63) is 43.5 Å². The van der Waals surface area contributed by atoms with E-state index in [9.17, 15) is 0 Å². The Morgan fingerprint density at radius 1 is 1.14 bits per heavy atom. The zero-order valence-corrected chi connectivity index (χ0v) is 11.5. The van der Waals surface area contributed by atoms with Crippen LogP contribution in [0.2, 0.25) is 0 Å². The van der Waals surface area contributed by atoms with E-state index >= 15 is 0 Å². The average molecular weight is 332 g/mol. The predicted octanol–water partition coefficient (Wildman–Crippen LogP) is 5.25. The lowest BCUT2D eigenvalue weighted by molar-refractivity contribution is 1.47. The molecule has 0 radical (unpaired) electrons. The molecular weight excluding hydrogens is 324 g/mol. The van der Waals surface area contributed by atoms with Crippen molar-refractivity contribution in [1.82, 2.24) is 0 Å². The molecule has 2 rings (SSSR count). The van der Waals surface area contributed by atoms with Gasteiger partial charge >= 0.3 is 0 Å². The quantitative estimate of drug-likeness (QED) is 0.669. The molecule has 0 fully saturated rings. The third-order valence-electron chi connectivity index (χ3n) is 1.99. The first-order valence-corrected chi connectivity index (χ1v) is 6.59. The maximum absolute atomic E-state index is 3.57. The highest BCUT2D eigenvalue weighted by Gasteiger charge is 2.06. The van der Waals surface area contributed by atoms with Crippen molar-refractivity contribution in [3.8, 4) is 11.1 Å². The zero-order valence-electron chi connectivity index (χ0n) is 7.55. The standard InChI is InChI=1S/C11H8Br2S/c1-7-3-2-4-8(5-7)9-6-10(12)14-11(9)13/h2-6H,1H3. The van der Waals surface area contributed by atoms with Gasteiger partial charge in [0.25, 0.3) is 0 Å². The second-order valence-electron chi connectivity index (χ2n) is 3.11. The summed E-state index contributed by atoms with van der Waals surface area (Å²) in [6, 6.07) is 10.7.